The van der Waals surface area contributed by atoms with Crippen LogP contribution < -0.4 is 9.64 Å². The van der Waals surface area contributed by atoms with Crippen molar-refractivity contribution in [2.24, 2.45) is 0 Å². The van der Waals surface area contributed by atoms with Crippen LogP contribution in [0.4, 0.5) is 28.6 Å². The molecule has 0 aliphatic rings. The summed E-state index contributed by atoms with van der Waals surface area (Å²) in [5.74, 6) is -0.186. The summed E-state index contributed by atoms with van der Waals surface area (Å²) in [5.41, 5.74) is -3.32. The van der Waals surface area contributed by atoms with Crippen LogP contribution in [0.25, 0.3) is 27.7 Å². The summed E-state index contributed by atoms with van der Waals surface area (Å²) in [6, 6.07) is 5.13. The second kappa shape index (κ2) is 10.8. The number of aromatic nitrogens is 2. The molecule has 13 heteroatoms. The normalized spacial score (nSPS) is 12.4. The maximum absolute atomic E-state index is 14.8. The number of benzene rings is 1. The van der Waals surface area contributed by atoms with Crippen molar-refractivity contribution in [2.75, 3.05) is 12.0 Å². The van der Waals surface area contributed by atoms with Crippen molar-refractivity contribution in [1.29, 1.82) is 5.26 Å². The molecule has 0 saturated carbocycles. The summed E-state index contributed by atoms with van der Waals surface area (Å²) in [6.07, 6.45) is -6.37. The number of fused-ring (bicyclic) bond motifs is 3. The Hall–Kier alpha value is -4.73. The number of pyridine rings is 1. The summed E-state index contributed by atoms with van der Waals surface area (Å²) in [6.45, 7) is 14.2. The fourth-order valence-corrected chi connectivity index (χ4v) is 4.90. The third-order valence-electron chi connectivity index (χ3n) is 6.53. The lowest BCUT2D eigenvalue weighted by molar-refractivity contribution is -0.139. The van der Waals surface area contributed by atoms with Gasteiger partial charge in [0.25, 0.3) is 0 Å². The van der Waals surface area contributed by atoms with E-state index in [4.69, 9.17) is 18.6 Å². The van der Waals surface area contributed by atoms with Crippen LogP contribution in [0.2, 0.25) is 0 Å². The maximum atomic E-state index is 14.8. The molecule has 0 aliphatic carbocycles. The highest BCUT2D eigenvalue weighted by Crippen LogP contribution is 2.47. The topological polar surface area (TPSA) is 120 Å². The summed E-state index contributed by atoms with van der Waals surface area (Å²) in [7, 11) is 1.42. The molecule has 2 amide bonds. The van der Waals surface area contributed by atoms with E-state index in [2.05, 4.69) is 4.98 Å². The summed E-state index contributed by atoms with van der Waals surface area (Å²) in [5, 5.41) is 9.85. The first-order valence-electron chi connectivity index (χ1n) is 13.6. The van der Waals surface area contributed by atoms with E-state index in [9.17, 15) is 28.0 Å². The molecule has 0 N–H and O–H groups in total. The van der Waals surface area contributed by atoms with Gasteiger partial charge in [-0.1, -0.05) is 6.07 Å². The van der Waals surface area contributed by atoms with Crippen LogP contribution in [-0.2, 0) is 15.7 Å². The van der Waals surface area contributed by atoms with E-state index >= 15 is 0 Å². The van der Waals surface area contributed by atoms with Gasteiger partial charge in [0.05, 0.1) is 24.4 Å². The number of nitrogens with zero attached hydrogens (tertiary/aromatic N) is 4. The Bertz CT molecular complexity index is 1820. The Morgan fingerprint density at radius 1 is 0.977 bits per heavy atom. The number of furan rings is 1. The van der Waals surface area contributed by atoms with Crippen molar-refractivity contribution >= 4 is 40.0 Å². The highest BCUT2D eigenvalue weighted by atomic mass is 19.4. The van der Waals surface area contributed by atoms with Crippen LogP contribution in [0.15, 0.2) is 22.8 Å². The molecule has 1 aromatic carbocycles. The first-order chi connectivity index (χ1) is 20.2. The van der Waals surface area contributed by atoms with Gasteiger partial charge < -0.3 is 18.6 Å². The minimum Gasteiger partial charge on any atom is -0.496 e. The molecule has 3 aromatic heterocycles. The first kappa shape index (κ1) is 32.2. The molecule has 4 rings (SSSR count). The molecule has 0 bridgehead atoms. The summed E-state index contributed by atoms with van der Waals surface area (Å²) < 4.78 is 67.9. The molecule has 0 atom stereocenters. The van der Waals surface area contributed by atoms with E-state index in [0.29, 0.717) is 27.3 Å². The number of hydrogen-bond acceptors (Lipinski definition) is 8. The van der Waals surface area contributed by atoms with E-state index in [1.807, 2.05) is 0 Å². The van der Waals surface area contributed by atoms with E-state index in [1.54, 1.807) is 73.6 Å². The maximum Gasteiger partial charge on any atom is 0.434 e. The van der Waals surface area contributed by atoms with Gasteiger partial charge in [0.1, 0.15) is 39.6 Å². The van der Waals surface area contributed by atoms with Gasteiger partial charge in [-0.05, 0) is 73.9 Å². The lowest BCUT2D eigenvalue weighted by Gasteiger charge is -2.30. The van der Waals surface area contributed by atoms with Gasteiger partial charge in [-0.2, -0.15) is 23.3 Å². The Morgan fingerprint density at radius 3 is 2.02 bits per heavy atom. The number of aryl methyl sites for hydroxylation is 2. The first-order valence-corrected chi connectivity index (χ1v) is 13.6. The minimum absolute atomic E-state index is 0.0943. The number of amides is 2. The van der Waals surface area contributed by atoms with Crippen molar-refractivity contribution in [3.05, 3.63) is 46.3 Å². The molecular weight excluding hydrogens is 581 g/mol. The van der Waals surface area contributed by atoms with Crippen LogP contribution in [0.5, 0.6) is 5.75 Å². The van der Waals surface area contributed by atoms with Crippen molar-refractivity contribution < 1.29 is 41.4 Å². The molecule has 0 saturated heterocycles. The molecule has 0 aliphatic heterocycles. The fourth-order valence-electron chi connectivity index (χ4n) is 4.90. The van der Waals surface area contributed by atoms with Crippen molar-refractivity contribution in [3.8, 4) is 17.5 Å². The van der Waals surface area contributed by atoms with Gasteiger partial charge in [-0.25, -0.2) is 14.6 Å². The van der Waals surface area contributed by atoms with Crippen molar-refractivity contribution in [2.45, 2.75) is 79.7 Å². The molecule has 44 heavy (non-hydrogen) atoms. The fraction of sp³-hybridized carbons (Fsp3) is 0.419. The van der Waals surface area contributed by atoms with Crippen molar-refractivity contribution in [1.82, 2.24) is 9.55 Å². The van der Waals surface area contributed by atoms with E-state index in [-0.39, 0.29) is 22.3 Å². The molecule has 4 aromatic rings. The van der Waals surface area contributed by atoms with E-state index < -0.39 is 52.0 Å². The van der Waals surface area contributed by atoms with Crippen LogP contribution in [0.3, 0.4) is 0 Å². The Balaban J connectivity index is 2.38. The second-order valence-electron chi connectivity index (χ2n) is 12.3. The number of anilines is 1. The predicted molar refractivity (Wildman–Crippen MR) is 156 cm³/mol. The monoisotopic (exact) mass is 614 g/mol. The molecule has 0 spiro atoms. The zero-order valence-electron chi connectivity index (χ0n) is 26.1. The number of hydrogen-bond donors (Lipinski definition) is 0. The Kier molecular flexibility index (Phi) is 7.88. The third-order valence-corrected chi connectivity index (χ3v) is 6.53. The standard InChI is InChI=1S/C31H33F3N4O6/c1-15-11-12-19(41-10)17(3)22(15)37-23-20(25(31(32,33)34)36-21-16(2)14-42-24(21)23)18(13-35)26(37)38(27(39)43-29(4,5)6)28(40)44-30(7,8)9/h11-12,14H,1-10H3. The van der Waals surface area contributed by atoms with Gasteiger partial charge >= 0.3 is 18.4 Å². The van der Waals surface area contributed by atoms with Crippen LogP contribution in [0, 0.1) is 32.1 Å². The van der Waals surface area contributed by atoms with Gasteiger partial charge in [-0.3, -0.25) is 4.57 Å². The van der Waals surface area contributed by atoms with Gasteiger partial charge in [0.2, 0.25) is 0 Å². The SMILES string of the molecule is COc1ccc(C)c(-n2c(N(C(=O)OC(C)(C)C)C(=O)OC(C)(C)C)c(C#N)c3c(C(F)(F)F)nc4c(C)coc4c32)c1C. The van der Waals surface area contributed by atoms with Crippen LogP contribution in [0.1, 0.15) is 69.5 Å². The Labute approximate surface area is 251 Å². The predicted octanol–water partition coefficient (Wildman–Crippen LogP) is 8.27. The summed E-state index contributed by atoms with van der Waals surface area (Å²) >= 11 is 0. The molecule has 10 nitrogen and oxygen atoms in total. The third kappa shape index (κ3) is 5.64. The lowest BCUT2D eigenvalue weighted by atomic mass is 10.1. The van der Waals surface area contributed by atoms with Gasteiger partial charge in [-0.15, -0.1) is 0 Å². The van der Waals surface area contributed by atoms with Gasteiger partial charge in [0, 0.05) is 11.1 Å². The number of carbonyl (C=O) groups excluding carboxylic acids is 2. The molecule has 0 fully saturated rings. The average Bonchev–Trinajstić information content (AvgIpc) is 3.39. The number of alkyl halides is 3. The molecule has 0 radical (unpaired) electrons. The second-order valence-corrected chi connectivity index (χ2v) is 12.3. The summed E-state index contributed by atoms with van der Waals surface area (Å²) in [4.78, 5) is 32.0. The number of methoxy groups -OCH3 is 1. The molecular formula is C31H33F3N4O6. The highest BCUT2D eigenvalue weighted by Gasteiger charge is 2.44. The number of nitriles is 1. The van der Waals surface area contributed by atoms with E-state index in [0.717, 1.165) is 0 Å². The zero-order valence-corrected chi connectivity index (χ0v) is 26.1. The number of imide groups is 1. The van der Waals surface area contributed by atoms with Crippen molar-refractivity contribution in [3.63, 3.8) is 0 Å². The van der Waals surface area contributed by atoms with E-state index in [1.165, 1.54) is 24.9 Å². The van der Waals surface area contributed by atoms with Crippen LogP contribution >= 0.6 is 0 Å². The number of ether oxygens (including phenoxy) is 3. The number of carbonyl (C=O) groups is 2. The number of rotatable bonds is 3. The smallest absolute Gasteiger partial charge is 0.434 e. The minimum atomic E-state index is -5.05. The largest absolute Gasteiger partial charge is 0.496 e. The highest BCUT2D eigenvalue weighted by molar-refractivity contribution is 6.16. The lowest BCUT2D eigenvalue weighted by Crippen LogP contribution is -2.45. The number of halogens is 3. The zero-order chi connectivity index (χ0) is 33.1. The molecule has 0 unspecified atom stereocenters. The average molecular weight is 615 g/mol. The Morgan fingerprint density at radius 2 is 1.55 bits per heavy atom. The molecule has 234 valence electrons. The van der Waals surface area contributed by atoms with Gasteiger partial charge in [0.15, 0.2) is 17.1 Å². The molecule has 3 heterocycles. The van der Waals surface area contributed by atoms with Crippen LogP contribution in [-0.4, -0.2) is 40.0 Å². The quantitative estimate of drug-likeness (QED) is 0.226.